The van der Waals surface area contributed by atoms with Crippen LogP contribution in [-0.2, 0) is 4.74 Å². The lowest BCUT2D eigenvalue weighted by molar-refractivity contribution is 0.0794. The van der Waals surface area contributed by atoms with Crippen LogP contribution in [0.25, 0.3) is 0 Å². The fourth-order valence-electron chi connectivity index (χ4n) is 0.645. The predicted octanol–water partition coefficient (Wildman–Crippen LogP) is 0.0757. The van der Waals surface area contributed by atoms with Crippen molar-refractivity contribution in [2.45, 2.75) is 12.5 Å². The molecule has 0 fully saturated rings. The van der Waals surface area contributed by atoms with Crippen molar-refractivity contribution in [3.63, 3.8) is 0 Å². The number of thioether (sulfide) groups is 1. The van der Waals surface area contributed by atoms with Gasteiger partial charge in [0.05, 0.1) is 12.7 Å². The van der Waals surface area contributed by atoms with E-state index in [2.05, 4.69) is 0 Å². The van der Waals surface area contributed by atoms with Gasteiger partial charge in [-0.1, -0.05) is 0 Å². The van der Waals surface area contributed by atoms with Crippen molar-refractivity contribution >= 4 is 11.8 Å². The van der Waals surface area contributed by atoms with Crippen molar-refractivity contribution in [1.82, 2.24) is 0 Å². The summed E-state index contributed by atoms with van der Waals surface area (Å²) in [6.45, 7) is 1.16. The van der Waals surface area contributed by atoms with Crippen molar-refractivity contribution in [3.8, 4) is 0 Å². The van der Waals surface area contributed by atoms with E-state index >= 15 is 0 Å². The zero-order valence-electron chi connectivity index (χ0n) is 6.95. The first kappa shape index (κ1) is 11.2. The first-order valence-corrected chi connectivity index (χ1v) is 4.91. The second kappa shape index (κ2) is 8.33. The van der Waals surface area contributed by atoms with Gasteiger partial charge in [0.2, 0.25) is 0 Å². The highest BCUT2D eigenvalue weighted by Crippen LogP contribution is 2.04. The summed E-state index contributed by atoms with van der Waals surface area (Å²) in [5.74, 6) is 1.77. The van der Waals surface area contributed by atoms with Gasteiger partial charge in [-0.15, -0.1) is 0 Å². The SMILES string of the molecule is COCC(O)CSCCCN. The van der Waals surface area contributed by atoms with Crippen molar-refractivity contribution in [2.75, 3.05) is 31.8 Å². The lowest BCUT2D eigenvalue weighted by Crippen LogP contribution is -2.17. The normalized spacial score (nSPS) is 13.4. The molecule has 0 aromatic carbocycles. The maximum atomic E-state index is 9.17. The molecule has 1 unspecified atom stereocenters. The average Bonchev–Trinajstić information content (AvgIpc) is 1.99. The summed E-state index contributed by atoms with van der Waals surface area (Å²) in [5, 5.41) is 9.17. The van der Waals surface area contributed by atoms with Crippen molar-refractivity contribution in [3.05, 3.63) is 0 Å². The molecule has 0 aliphatic rings. The number of hydrogen-bond donors (Lipinski definition) is 2. The fourth-order valence-corrected chi connectivity index (χ4v) is 1.55. The molecule has 0 radical (unpaired) electrons. The van der Waals surface area contributed by atoms with Crippen LogP contribution in [0.2, 0.25) is 0 Å². The minimum Gasteiger partial charge on any atom is -0.390 e. The number of rotatable bonds is 7. The fraction of sp³-hybridized carbons (Fsp3) is 1.00. The third-order valence-electron chi connectivity index (χ3n) is 1.16. The minimum atomic E-state index is -0.331. The summed E-state index contributed by atoms with van der Waals surface area (Å²) in [4.78, 5) is 0. The van der Waals surface area contributed by atoms with Crippen molar-refractivity contribution in [1.29, 1.82) is 0 Å². The van der Waals surface area contributed by atoms with Gasteiger partial charge in [0.15, 0.2) is 0 Å². The smallest absolute Gasteiger partial charge is 0.0863 e. The summed E-state index contributed by atoms with van der Waals surface area (Å²) < 4.78 is 4.77. The Labute approximate surface area is 72.3 Å². The third-order valence-corrected chi connectivity index (χ3v) is 2.36. The highest BCUT2D eigenvalue weighted by Gasteiger charge is 2.01. The summed E-state index contributed by atoms with van der Waals surface area (Å²) in [7, 11) is 1.59. The molecule has 11 heavy (non-hydrogen) atoms. The van der Waals surface area contributed by atoms with Gasteiger partial charge in [0.25, 0.3) is 0 Å². The van der Waals surface area contributed by atoms with Gasteiger partial charge in [-0.25, -0.2) is 0 Å². The van der Waals surface area contributed by atoms with Gasteiger partial charge >= 0.3 is 0 Å². The van der Waals surface area contributed by atoms with Gasteiger partial charge in [-0.2, -0.15) is 11.8 Å². The van der Waals surface area contributed by atoms with Crippen molar-refractivity contribution < 1.29 is 9.84 Å². The van der Waals surface area contributed by atoms with E-state index in [-0.39, 0.29) is 6.10 Å². The molecule has 1 atom stereocenters. The van der Waals surface area contributed by atoms with E-state index in [1.807, 2.05) is 0 Å². The maximum absolute atomic E-state index is 9.17. The molecule has 4 heteroatoms. The second-order valence-corrected chi connectivity index (χ2v) is 3.48. The molecule has 0 aromatic heterocycles. The van der Waals surface area contributed by atoms with E-state index in [1.54, 1.807) is 18.9 Å². The Morgan fingerprint density at radius 1 is 1.64 bits per heavy atom. The van der Waals surface area contributed by atoms with Gasteiger partial charge in [-0.3, -0.25) is 0 Å². The van der Waals surface area contributed by atoms with Crippen LogP contribution in [0.5, 0.6) is 0 Å². The average molecular weight is 179 g/mol. The largest absolute Gasteiger partial charge is 0.390 e. The zero-order valence-corrected chi connectivity index (χ0v) is 7.77. The van der Waals surface area contributed by atoms with E-state index in [1.165, 1.54) is 0 Å². The third kappa shape index (κ3) is 8.13. The number of nitrogens with two attached hydrogens (primary N) is 1. The molecule has 3 nitrogen and oxygen atoms in total. The van der Waals surface area contributed by atoms with Crippen molar-refractivity contribution in [2.24, 2.45) is 5.73 Å². The van der Waals surface area contributed by atoms with Crippen LogP contribution in [0.3, 0.4) is 0 Å². The van der Waals surface area contributed by atoms with E-state index in [9.17, 15) is 5.11 Å². The predicted molar refractivity (Wildman–Crippen MR) is 48.9 cm³/mol. The first-order valence-electron chi connectivity index (χ1n) is 3.76. The Morgan fingerprint density at radius 2 is 2.36 bits per heavy atom. The molecule has 0 bridgehead atoms. The highest BCUT2D eigenvalue weighted by molar-refractivity contribution is 7.99. The quantitative estimate of drug-likeness (QED) is 0.543. The second-order valence-electron chi connectivity index (χ2n) is 2.33. The molecule has 0 aliphatic heterocycles. The number of aliphatic hydroxyl groups excluding tert-OH is 1. The number of ether oxygens (including phenoxy) is 1. The summed E-state index contributed by atoms with van der Waals surface area (Å²) >= 11 is 1.72. The van der Waals surface area contributed by atoms with Crippen LogP contribution in [0.4, 0.5) is 0 Å². The summed E-state index contributed by atoms with van der Waals surface area (Å²) in [5.41, 5.74) is 5.30. The Kier molecular flexibility index (Phi) is 8.50. The standard InChI is InChI=1S/C7H17NO2S/c1-10-5-7(9)6-11-4-2-3-8/h7,9H,2-6,8H2,1H3. The lowest BCUT2D eigenvalue weighted by atomic mass is 10.4. The highest BCUT2D eigenvalue weighted by atomic mass is 32.2. The number of methoxy groups -OCH3 is 1. The van der Waals surface area contributed by atoms with Gasteiger partial charge in [-0.05, 0) is 18.7 Å². The molecule has 0 amide bonds. The molecule has 0 aliphatic carbocycles. The Bertz CT molecular complexity index is 82.8. The summed E-state index contributed by atoms with van der Waals surface area (Å²) in [6, 6.07) is 0. The van der Waals surface area contributed by atoms with E-state index in [4.69, 9.17) is 10.5 Å². The lowest BCUT2D eigenvalue weighted by Gasteiger charge is -2.07. The van der Waals surface area contributed by atoms with Crippen LogP contribution in [0.15, 0.2) is 0 Å². The molecule has 0 saturated carbocycles. The molecule has 0 aromatic rings. The molecule has 0 rings (SSSR count). The van der Waals surface area contributed by atoms with Gasteiger partial charge in [0, 0.05) is 12.9 Å². The number of aliphatic hydroxyl groups is 1. The number of hydrogen-bond acceptors (Lipinski definition) is 4. The van der Waals surface area contributed by atoms with Crippen LogP contribution >= 0.6 is 11.8 Å². The van der Waals surface area contributed by atoms with E-state index < -0.39 is 0 Å². The van der Waals surface area contributed by atoms with Gasteiger partial charge < -0.3 is 15.6 Å². The molecular formula is C7H17NO2S. The van der Waals surface area contributed by atoms with Crippen LogP contribution in [-0.4, -0.2) is 43.0 Å². The Balaban J connectivity index is 2.97. The minimum absolute atomic E-state index is 0.331. The van der Waals surface area contributed by atoms with E-state index in [0.717, 1.165) is 24.5 Å². The molecule has 0 spiro atoms. The van der Waals surface area contributed by atoms with Crippen LogP contribution < -0.4 is 5.73 Å². The maximum Gasteiger partial charge on any atom is 0.0863 e. The topological polar surface area (TPSA) is 55.5 Å². The molecule has 0 saturated heterocycles. The molecule has 68 valence electrons. The van der Waals surface area contributed by atoms with Crippen LogP contribution in [0.1, 0.15) is 6.42 Å². The first-order chi connectivity index (χ1) is 5.31. The zero-order chi connectivity index (χ0) is 8.53. The Morgan fingerprint density at radius 3 is 2.91 bits per heavy atom. The Hall–Kier alpha value is 0.230. The molecule has 0 heterocycles. The summed E-state index contributed by atoms with van der Waals surface area (Å²) in [6.07, 6.45) is 0.687. The van der Waals surface area contributed by atoms with Crippen LogP contribution in [0, 0.1) is 0 Å². The molecule has 3 N–H and O–H groups in total. The van der Waals surface area contributed by atoms with E-state index in [0.29, 0.717) is 6.61 Å². The monoisotopic (exact) mass is 179 g/mol. The molecular weight excluding hydrogens is 162 g/mol. The van der Waals surface area contributed by atoms with Gasteiger partial charge in [0.1, 0.15) is 0 Å².